The highest BCUT2D eigenvalue weighted by atomic mass is 16.6. The summed E-state index contributed by atoms with van der Waals surface area (Å²) in [5.41, 5.74) is 3.38. The number of hydrogen-bond acceptors (Lipinski definition) is 6. The van der Waals surface area contributed by atoms with Crippen molar-refractivity contribution < 1.29 is 14.3 Å². The normalized spacial score (nSPS) is 14.0. The Morgan fingerprint density at radius 3 is 2.41 bits per heavy atom. The van der Waals surface area contributed by atoms with Crippen molar-refractivity contribution in [3.63, 3.8) is 0 Å². The average Bonchev–Trinajstić information content (AvgIpc) is 2.87. The lowest BCUT2D eigenvalue weighted by Gasteiger charge is -2.33. The van der Waals surface area contributed by atoms with Gasteiger partial charge in [0.1, 0.15) is 0 Å². The number of hydrogen-bond donors (Lipinski definition) is 1. The number of anilines is 1. The Labute approximate surface area is 199 Å². The summed E-state index contributed by atoms with van der Waals surface area (Å²) in [6.07, 6.45) is 4.97. The lowest BCUT2D eigenvalue weighted by Crippen LogP contribution is -2.49. The molecule has 0 saturated carbocycles. The van der Waals surface area contributed by atoms with Crippen molar-refractivity contribution in [2.75, 3.05) is 38.0 Å². The van der Waals surface area contributed by atoms with Gasteiger partial charge >= 0.3 is 6.09 Å². The zero-order valence-electron chi connectivity index (χ0n) is 19.3. The van der Waals surface area contributed by atoms with Crippen molar-refractivity contribution in [3.05, 3.63) is 83.8 Å². The first-order chi connectivity index (χ1) is 16.6. The number of aryl methyl sites for hydroxylation is 2. The molecule has 34 heavy (non-hydrogen) atoms. The van der Waals surface area contributed by atoms with E-state index in [0.29, 0.717) is 24.3 Å². The summed E-state index contributed by atoms with van der Waals surface area (Å²) < 4.78 is 5.42. The summed E-state index contributed by atoms with van der Waals surface area (Å²) in [6.45, 7) is 5.89. The molecule has 0 aliphatic carbocycles. The SMILES string of the molecule is Cc1ccc(CCCN2CCN(C(=O)Oc3ccc(NC(=O)c4ccccc4)cn3)CC2)nc1. The van der Waals surface area contributed by atoms with Crippen molar-refractivity contribution in [2.45, 2.75) is 19.8 Å². The molecule has 0 unspecified atom stereocenters. The van der Waals surface area contributed by atoms with Gasteiger partial charge in [0.2, 0.25) is 5.88 Å². The quantitative estimate of drug-likeness (QED) is 0.579. The molecule has 1 fully saturated rings. The zero-order valence-corrected chi connectivity index (χ0v) is 19.3. The molecule has 3 aromatic rings. The van der Waals surface area contributed by atoms with Gasteiger partial charge in [-0.25, -0.2) is 9.78 Å². The summed E-state index contributed by atoms with van der Waals surface area (Å²) in [5, 5.41) is 2.77. The van der Waals surface area contributed by atoms with Crippen LogP contribution >= 0.6 is 0 Å². The van der Waals surface area contributed by atoms with E-state index in [1.165, 1.54) is 11.8 Å². The second kappa shape index (κ2) is 11.4. The maximum absolute atomic E-state index is 12.5. The molecule has 2 amide bonds. The minimum Gasteiger partial charge on any atom is -0.391 e. The number of piperazine rings is 1. The molecule has 0 bridgehead atoms. The van der Waals surface area contributed by atoms with E-state index in [2.05, 4.69) is 32.3 Å². The number of carbonyl (C=O) groups excluding carboxylic acids is 2. The first kappa shape index (κ1) is 23.4. The number of aromatic nitrogens is 2. The van der Waals surface area contributed by atoms with E-state index in [4.69, 9.17) is 4.74 Å². The predicted molar refractivity (Wildman–Crippen MR) is 130 cm³/mol. The van der Waals surface area contributed by atoms with Crippen molar-refractivity contribution in [2.24, 2.45) is 0 Å². The van der Waals surface area contributed by atoms with Crippen molar-refractivity contribution >= 4 is 17.7 Å². The van der Waals surface area contributed by atoms with Crippen LogP contribution in [0.15, 0.2) is 67.0 Å². The Morgan fingerprint density at radius 2 is 1.74 bits per heavy atom. The number of nitrogens with one attached hydrogen (secondary N) is 1. The molecule has 1 saturated heterocycles. The summed E-state index contributed by atoms with van der Waals surface area (Å²) in [7, 11) is 0. The zero-order chi connectivity index (χ0) is 23.8. The molecule has 1 aliphatic heterocycles. The number of carbonyl (C=O) groups is 2. The Hall–Kier alpha value is -3.78. The summed E-state index contributed by atoms with van der Waals surface area (Å²) in [5.74, 6) is -0.0177. The smallest absolute Gasteiger partial charge is 0.391 e. The maximum atomic E-state index is 12.5. The summed E-state index contributed by atoms with van der Waals surface area (Å²) in [6, 6.07) is 16.4. The highest BCUT2D eigenvalue weighted by Gasteiger charge is 2.22. The van der Waals surface area contributed by atoms with Gasteiger partial charge in [-0.05, 0) is 56.1 Å². The third-order valence-corrected chi connectivity index (χ3v) is 5.73. The van der Waals surface area contributed by atoms with Gasteiger partial charge in [0.05, 0.1) is 11.9 Å². The third-order valence-electron chi connectivity index (χ3n) is 5.73. The van der Waals surface area contributed by atoms with E-state index in [9.17, 15) is 9.59 Å². The van der Waals surface area contributed by atoms with E-state index in [1.54, 1.807) is 41.3 Å². The van der Waals surface area contributed by atoms with Crippen molar-refractivity contribution in [3.8, 4) is 5.88 Å². The fourth-order valence-electron chi connectivity index (χ4n) is 3.75. The molecule has 0 atom stereocenters. The number of amides is 2. The Kier molecular flexibility index (Phi) is 7.83. The first-order valence-electron chi connectivity index (χ1n) is 11.5. The van der Waals surface area contributed by atoms with Crippen LogP contribution in [0, 0.1) is 6.92 Å². The molecule has 1 aliphatic rings. The van der Waals surface area contributed by atoms with Gasteiger partial charge < -0.3 is 15.0 Å². The summed E-state index contributed by atoms with van der Waals surface area (Å²) in [4.78, 5) is 37.4. The van der Waals surface area contributed by atoms with E-state index >= 15 is 0 Å². The molecule has 0 radical (unpaired) electrons. The van der Waals surface area contributed by atoms with Crippen molar-refractivity contribution in [1.29, 1.82) is 0 Å². The van der Waals surface area contributed by atoms with Gasteiger partial charge in [0.15, 0.2) is 0 Å². The third kappa shape index (κ3) is 6.62. The standard InChI is InChI=1S/C26H29N5O3/c1-20-9-10-22(27-18-20)8-5-13-30-14-16-31(17-15-30)26(33)34-24-12-11-23(19-28-24)29-25(32)21-6-3-2-4-7-21/h2-4,6-7,9-12,18-19H,5,8,13-17H2,1H3,(H,29,32). The number of benzene rings is 1. The lowest BCUT2D eigenvalue weighted by molar-refractivity contribution is 0.102. The van der Waals surface area contributed by atoms with Crippen LogP contribution in [-0.2, 0) is 6.42 Å². The Morgan fingerprint density at radius 1 is 0.941 bits per heavy atom. The average molecular weight is 460 g/mol. The largest absolute Gasteiger partial charge is 0.416 e. The molecule has 1 N–H and O–H groups in total. The summed E-state index contributed by atoms with van der Waals surface area (Å²) >= 11 is 0. The van der Waals surface area contributed by atoms with Gasteiger partial charge in [-0.15, -0.1) is 0 Å². The lowest BCUT2D eigenvalue weighted by atomic mass is 10.2. The van der Waals surface area contributed by atoms with Crippen LogP contribution in [0.1, 0.15) is 28.0 Å². The number of rotatable bonds is 7. The van der Waals surface area contributed by atoms with Crippen LogP contribution < -0.4 is 10.1 Å². The molecule has 176 valence electrons. The molecule has 2 aromatic heterocycles. The molecule has 1 aromatic carbocycles. The van der Waals surface area contributed by atoms with Crippen LogP contribution in [0.3, 0.4) is 0 Å². The highest BCUT2D eigenvalue weighted by Crippen LogP contribution is 2.15. The fraction of sp³-hybridized carbons (Fsp3) is 0.308. The minimum atomic E-state index is -0.405. The molecule has 8 nitrogen and oxygen atoms in total. The van der Waals surface area contributed by atoms with Gasteiger partial charge in [-0.1, -0.05) is 24.3 Å². The van der Waals surface area contributed by atoms with E-state index < -0.39 is 6.09 Å². The maximum Gasteiger partial charge on any atom is 0.416 e. The molecule has 8 heteroatoms. The first-order valence-corrected chi connectivity index (χ1v) is 11.5. The Balaban J connectivity index is 1.18. The molecular formula is C26H29N5O3. The monoisotopic (exact) mass is 459 g/mol. The van der Waals surface area contributed by atoms with Gasteiger partial charge in [-0.2, -0.15) is 0 Å². The number of ether oxygens (including phenoxy) is 1. The number of pyridine rings is 2. The molecule has 0 spiro atoms. The second-order valence-corrected chi connectivity index (χ2v) is 8.33. The van der Waals surface area contributed by atoms with Gasteiger partial charge in [-0.3, -0.25) is 14.7 Å². The number of nitrogens with zero attached hydrogens (tertiary/aromatic N) is 4. The molecule has 4 rings (SSSR count). The second-order valence-electron chi connectivity index (χ2n) is 8.33. The van der Waals surface area contributed by atoms with Gasteiger partial charge in [0.25, 0.3) is 5.91 Å². The van der Waals surface area contributed by atoms with Crippen LogP contribution in [0.5, 0.6) is 5.88 Å². The van der Waals surface area contributed by atoms with E-state index in [1.807, 2.05) is 19.2 Å². The van der Waals surface area contributed by atoms with E-state index in [-0.39, 0.29) is 11.8 Å². The van der Waals surface area contributed by atoms with E-state index in [0.717, 1.165) is 38.2 Å². The van der Waals surface area contributed by atoms with Crippen molar-refractivity contribution in [1.82, 2.24) is 19.8 Å². The highest BCUT2D eigenvalue weighted by molar-refractivity contribution is 6.04. The Bertz CT molecular complexity index is 1080. The molecular weight excluding hydrogens is 430 g/mol. The molecule has 3 heterocycles. The van der Waals surface area contributed by atoms with Crippen LogP contribution in [0.4, 0.5) is 10.5 Å². The fourth-order valence-corrected chi connectivity index (χ4v) is 3.75. The van der Waals surface area contributed by atoms with Crippen LogP contribution in [0.2, 0.25) is 0 Å². The topological polar surface area (TPSA) is 87.7 Å². The van der Waals surface area contributed by atoms with Crippen LogP contribution in [-0.4, -0.2) is 64.5 Å². The van der Waals surface area contributed by atoms with Gasteiger partial charge in [0, 0.05) is 49.7 Å². The predicted octanol–water partition coefficient (Wildman–Crippen LogP) is 3.79. The minimum absolute atomic E-state index is 0.204. The van der Waals surface area contributed by atoms with Crippen LogP contribution in [0.25, 0.3) is 0 Å².